The van der Waals surface area contributed by atoms with Crippen LogP contribution in [0.5, 0.6) is 5.75 Å². The molecule has 2 rings (SSSR count). The van der Waals surface area contributed by atoms with Gasteiger partial charge in [-0.25, -0.2) is 0 Å². The number of benzene rings is 1. The molecule has 0 spiro atoms. The molecule has 1 atom stereocenters. The molecule has 1 aliphatic heterocycles. The van der Waals surface area contributed by atoms with Gasteiger partial charge in [0, 0.05) is 4.47 Å². The van der Waals surface area contributed by atoms with E-state index in [4.69, 9.17) is 4.74 Å². The zero-order valence-electron chi connectivity index (χ0n) is 9.12. The largest absolute Gasteiger partial charge is 0.495 e. The first-order valence-electron chi connectivity index (χ1n) is 5.04. The van der Waals surface area contributed by atoms with Crippen molar-refractivity contribution in [2.45, 2.75) is 12.5 Å². The van der Waals surface area contributed by atoms with Crippen LogP contribution in [0.25, 0.3) is 0 Å². The van der Waals surface area contributed by atoms with Gasteiger partial charge in [0.1, 0.15) is 11.8 Å². The lowest BCUT2D eigenvalue weighted by Crippen LogP contribution is -2.30. The minimum absolute atomic E-state index is 0.147. The summed E-state index contributed by atoms with van der Waals surface area (Å²) >= 11 is 3.34. The van der Waals surface area contributed by atoms with Crippen molar-refractivity contribution in [1.82, 2.24) is 5.32 Å². The third-order valence-corrected chi connectivity index (χ3v) is 2.95. The summed E-state index contributed by atoms with van der Waals surface area (Å²) in [4.78, 5) is 22.5. The van der Waals surface area contributed by atoms with Crippen molar-refractivity contribution < 1.29 is 14.3 Å². The predicted molar refractivity (Wildman–Crippen MR) is 65.9 cm³/mol. The molecule has 2 amide bonds. The van der Waals surface area contributed by atoms with Gasteiger partial charge in [-0.3, -0.25) is 14.9 Å². The normalized spacial score (nSPS) is 19.1. The summed E-state index contributed by atoms with van der Waals surface area (Å²) in [5.41, 5.74) is 0.678. The molecule has 17 heavy (non-hydrogen) atoms. The molecule has 1 aromatic rings. The van der Waals surface area contributed by atoms with Crippen molar-refractivity contribution >= 4 is 33.4 Å². The molecule has 0 aliphatic carbocycles. The summed E-state index contributed by atoms with van der Waals surface area (Å²) in [7, 11) is 1.55. The minimum atomic E-state index is -0.536. The molecule has 1 fully saturated rings. The maximum Gasteiger partial charge on any atom is 0.249 e. The first-order chi connectivity index (χ1) is 8.10. The van der Waals surface area contributed by atoms with Gasteiger partial charge in [0.05, 0.1) is 19.2 Å². The number of hydrogen-bond acceptors (Lipinski definition) is 4. The second-order valence-corrected chi connectivity index (χ2v) is 4.57. The Balaban J connectivity index is 2.20. The summed E-state index contributed by atoms with van der Waals surface area (Å²) in [6.45, 7) is 0. The number of rotatable bonds is 3. The van der Waals surface area contributed by atoms with E-state index in [2.05, 4.69) is 26.6 Å². The summed E-state index contributed by atoms with van der Waals surface area (Å²) in [5, 5.41) is 5.24. The van der Waals surface area contributed by atoms with Crippen molar-refractivity contribution in [3.63, 3.8) is 0 Å². The van der Waals surface area contributed by atoms with Crippen molar-refractivity contribution in [2.24, 2.45) is 0 Å². The first kappa shape index (κ1) is 11.9. The second-order valence-electron chi connectivity index (χ2n) is 3.66. The SMILES string of the molecule is COc1ccc(Br)cc1NC1CC(=O)NC1=O. The zero-order chi connectivity index (χ0) is 12.4. The standard InChI is InChI=1S/C11H11BrN2O3/c1-17-9-3-2-6(12)4-7(9)13-8-5-10(15)14-11(8)16/h2-4,8,13H,5H2,1H3,(H,14,15,16). The van der Waals surface area contributed by atoms with Crippen LogP contribution in [0.3, 0.4) is 0 Å². The van der Waals surface area contributed by atoms with Crippen LogP contribution in [0.1, 0.15) is 6.42 Å². The molecule has 0 saturated carbocycles. The number of ether oxygens (including phenoxy) is 1. The van der Waals surface area contributed by atoms with E-state index in [1.165, 1.54) is 0 Å². The number of methoxy groups -OCH3 is 1. The second kappa shape index (κ2) is 4.75. The molecule has 1 saturated heterocycles. The van der Waals surface area contributed by atoms with E-state index >= 15 is 0 Å². The molecule has 0 bridgehead atoms. The van der Waals surface area contributed by atoms with Crippen molar-refractivity contribution in [3.8, 4) is 5.75 Å². The number of carbonyl (C=O) groups excluding carboxylic acids is 2. The van der Waals surface area contributed by atoms with Crippen molar-refractivity contribution in [3.05, 3.63) is 22.7 Å². The van der Waals surface area contributed by atoms with Gasteiger partial charge in [-0.05, 0) is 18.2 Å². The highest BCUT2D eigenvalue weighted by molar-refractivity contribution is 9.10. The fraction of sp³-hybridized carbons (Fsp3) is 0.273. The molecule has 0 radical (unpaired) electrons. The topological polar surface area (TPSA) is 67.4 Å². The minimum Gasteiger partial charge on any atom is -0.495 e. The Hall–Kier alpha value is -1.56. The van der Waals surface area contributed by atoms with E-state index in [1.807, 2.05) is 6.07 Å². The molecule has 1 heterocycles. The Labute approximate surface area is 107 Å². The van der Waals surface area contributed by atoms with Gasteiger partial charge in [0.25, 0.3) is 0 Å². The van der Waals surface area contributed by atoms with Crippen molar-refractivity contribution in [1.29, 1.82) is 0 Å². The molecule has 1 aromatic carbocycles. The average Bonchev–Trinajstić information content (AvgIpc) is 2.58. The maximum atomic E-state index is 11.4. The molecule has 5 nitrogen and oxygen atoms in total. The van der Waals surface area contributed by atoms with E-state index in [0.717, 1.165) is 4.47 Å². The molecule has 6 heteroatoms. The van der Waals surface area contributed by atoms with Crippen LogP contribution in [-0.4, -0.2) is 25.0 Å². The van der Waals surface area contributed by atoms with E-state index < -0.39 is 6.04 Å². The van der Waals surface area contributed by atoms with Crippen molar-refractivity contribution in [2.75, 3.05) is 12.4 Å². The van der Waals surface area contributed by atoms with E-state index in [1.54, 1.807) is 19.2 Å². The van der Waals surface area contributed by atoms with Crippen LogP contribution in [-0.2, 0) is 9.59 Å². The summed E-state index contributed by atoms with van der Waals surface area (Å²) in [6.07, 6.45) is 0.147. The van der Waals surface area contributed by atoms with Gasteiger partial charge < -0.3 is 10.1 Å². The zero-order valence-corrected chi connectivity index (χ0v) is 10.7. The number of halogens is 1. The Morgan fingerprint density at radius 1 is 1.47 bits per heavy atom. The highest BCUT2D eigenvalue weighted by atomic mass is 79.9. The van der Waals surface area contributed by atoms with Crippen LogP contribution < -0.4 is 15.4 Å². The highest BCUT2D eigenvalue weighted by Crippen LogP contribution is 2.29. The van der Waals surface area contributed by atoms with Gasteiger partial charge in [-0.15, -0.1) is 0 Å². The number of anilines is 1. The number of imide groups is 1. The van der Waals surface area contributed by atoms with Crippen LogP contribution in [0.4, 0.5) is 5.69 Å². The molecule has 1 unspecified atom stereocenters. The van der Waals surface area contributed by atoms with E-state index in [0.29, 0.717) is 11.4 Å². The fourth-order valence-electron chi connectivity index (χ4n) is 1.65. The third-order valence-electron chi connectivity index (χ3n) is 2.46. The monoisotopic (exact) mass is 298 g/mol. The molecule has 1 aliphatic rings. The van der Waals surface area contributed by atoms with Gasteiger partial charge in [-0.1, -0.05) is 15.9 Å². The number of hydrogen-bond donors (Lipinski definition) is 2. The molecule has 0 aromatic heterocycles. The Morgan fingerprint density at radius 3 is 2.82 bits per heavy atom. The molecular formula is C11H11BrN2O3. The molecule has 2 N–H and O–H groups in total. The van der Waals surface area contributed by atoms with E-state index in [-0.39, 0.29) is 18.2 Å². The average molecular weight is 299 g/mol. The Bertz CT molecular complexity index is 476. The predicted octanol–water partition coefficient (Wildman–Crippen LogP) is 1.28. The van der Waals surface area contributed by atoms with Crippen LogP contribution in [0.2, 0.25) is 0 Å². The van der Waals surface area contributed by atoms with Crippen LogP contribution in [0.15, 0.2) is 22.7 Å². The van der Waals surface area contributed by atoms with Gasteiger partial charge >= 0.3 is 0 Å². The smallest absolute Gasteiger partial charge is 0.249 e. The van der Waals surface area contributed by atoms with Crippen LogP contribution in [0, 0.1) is 0 Å². The highest BCUT2D eigenvalue weighted by Gasteiger charge is 2.30. The van der Waals surface area contributed by atoms with E-state index in [9.17, 15) is 9.59 Å². The number of amides is 2. The summed E-state index contributed by atoms with van der Waals surface area (Å²) < 4.78 is 6.04. The van der Waals surface area contributed by atoms with Gasteiger partial charge in [0.2, 0.25) is 11.8 Å². The molecule has 90 valence electrons. The fourth-order valence-corrected chi connectivity index (χ4v) is 2.01. The maximum absolute atomic E-state index is 11.4. The number of nitrogens with one attached hydrogen (secondary N) is 2. The lowest BCUT2D eigenvalue weighted by Gasteiger charge is -2.14. The quantitative estimate of drug-likeness (QED) is 0.825. The Morgan fingerprint density at radius 2 is 2.24 bits per heavy atom. The lowest BCUT2D eigenvalue weighted by molar-refractivity contribution is -0.124. The molecular weight excluding hydrogens is 288 g/mol. The third kappa shape index (κ3) is 2.58. The van der Waals surface area contributed by atoms with Gasteiger partial charge in [-0.2, -0.15) is 0 Å². The summed E-state index contributed by atoms with van der Waals surface area (Å²) in [6, 6.07) is 4.88. The van der Waals surface area contributed by atoms with Crippen LogP contribution >= 0.6 is 15.9 Å². The lowest BCUT2D eigenvalue weighted by atomic mass is 10.2. The summed E-state index contributed by atoms with van der Waals surface area (Å²) in [5.74, 6) is 0.0545. The first-order valence-corrected chi connectivity index (χ1v) is 5.83. The Kier molecular flexibility index (Phi) is 3.33. The number of carbonyl (C=O) groups is 2. The van der Waals surface area contributed by atoms with Gasteiger partial charge in [0.15, 0.2) is 0 Å².